The summed E-state index contributed by atoms with van der Waals surface area (Å²) in [5.41, 5.74) is 2.74. The zero-order valence-electron chi connectivity index (χ0n) is 18.6. The van der Waals surface area contributed by atoms with E-state index < -0.39 is 18.5 Å². The van der Waals surface area contributed by atoms with Gasteiger partial charge >= 0.3 is 5.97 Å². The summed E-state index contributed by atoms with van der Waals surface area (Å²) in [6.07, 6.45) is 3.27. The number of hydrogen-bond donors (Lipinski definition) is 0. The Labute approximate surface area is 210 Å². The van der Waals surface area contributed by atoms with Crippen molar-refractivity contribution in [1.82, 2.24) is 5.01 Å². The van der Waals surface area contributed by atoms with Crippen molar-refractivity contribution >= 4 is 50.4 Å². The molecule has 0 saturated heterocycles. The topological polar surface area (TPSA) is 72.1 Å². The Morgan fingerprint density at radius 2 is 1.77 bits per heavy atom. The Hall–Kier alpha value is -3.97. The van der Waals surface area contributed by atoms with Gasteiger partial charge in [-0.3, -0.25) is 4.79 Å². The van der Waals surface area contributed by atoms with Gasteiger partial charge in [0.15, 0.2) is 11.3 Å². The van der Waals surface area contributed by atoms with Crippen molar-refractivity contribution in [2.24, 2.45) is 5.10 Å². The molecule has 0 aliphatic carbocycles. The number of benzene rings is 3. The third kappa shape index (κ3) is 5.25. The minimum Gasteiger partial charge on any atom is -0.452 e. The molecule has 1 aliphatic rings. The molecule has 1 aliphatic heterocycles. The van der Waals surface area contributed by atoms with E-state index in [1.165, 1.54) is 17.2 Å². The van der Waals surface area contributed by atoms with E-state index in [2.05, 4.69) is 45.3 Å². The summed E-state index contributed by atoms with van der Waals surface area (Å²) in [6, 6.07) is 27.2. The van der Waals surface area contributed by atoms with Crippen molar-refractivity contribution in [3.05, 3.63) is 113 Å². The Balaban J connectivity index is 1.34. The van der Waals surface area contributed by atoms with Crippen LogP contribution in [0, 0.1) is 0 Å². The number of halogens is 1. The Morgan fingerprint density at radius 3 is 2.54 bits per heavy atom. The molecule has 174 valence electrons. The van der Waals surface area contributed by atoms with Gasteiger partial charge in [0.05, 0.1) is 11.8 Å². The summed E-state index contributed by atoms with van der Waals surface area (Å²) in [5, 5.41) is 8.35. The predicted octanol–water partition coefficient (Wildman–Crippen LogP) is 6.13. The molecule has 4 aromatic rings. The van der Waals surface area contributed by atoms with Crippen LogP contribution in [0.25, 0.3) is 16.8 Å². The third-order valence-corrected chi connectivity index (χ3v) is 6.17. The largest absolute Gasteiger partial charge is 0.452 e. The van der Waals surface area contributed by atoms with E-state index >= 15 is 0 Å². The molecule has 0 unspecified atom stereocenters. The molecule has 0 fully saturated rings. The van der Waals surface area contributed by atoms with Gasteiger partial charge < -0.3 is 9.15 Å². The van der Waals surface area contributed by atoms with E-state index in [-0.39, 0.29) is 6.04 Å². The summed E-state index contributed by atoms with van der Waals surface area (Å²) >= 11 is 3.21. The van der Waals surface area contributed by atoms with Gasteiger partial charge in [-0.1, -0.05) is 66.7 Å². The maximum absolute atomic E-state index is 13.1. The summed E-state index contributed by atoms with van der Waals surface area (Å²) in [5.74, 6) is -0.536. The van der Waals surface area contributed by atoms with Gasteiger partial charge in [0.2, 0.25) is 0 Å². The number of ether oxygens (including phenoxy) is 1. The molecule has 0 bridgehead atoms. The summed E-state index contributed by atoms with van der Waals surface area (Å²) in [4.78, 5) is 25.2. The zero-order valence-corrected chi connectivity index (χ0v) is 20.2. The number of esters is 1. The molecule has 1 atom stereocenters. The number of carbonyl (C=O) groups is 2. The van der Waals surface area contributed by atoms with Crippen LogP contribution >= 0.6 is 15.9 Å². The third-order valence-electron chi connectivity index (χ3n) is 5.75. The quantitative estimate of drug-likeness (QED) is 0.223. The number of hydrazone groups is 1. The lowest BCUT2D eigenvalue weighted by atomic mass is 9.97. The summed E-state index contributed by atoms with van der Waals surface area (Å²) in [6.45, 7) is -0.414. The number of carbonyl (C=O) groups excluding carboxylic acids is 2. The van der Waals surface area contributed by atoms with Gasteiger partial charge in [-0.15, -0.1) is 0 Å². The van der Waals surface area contributed by atoms with Gasteiger partial charge in [0.1, 0.15) is 5.76 Å². The molecule has 0 N–H and O–H groups in total. The van der Waals surface area contributed by atoms with Crippen LogP contribution < -0.4 is 0 Å². The number of furan rings is 1. The molecule has 3 aromatic carbocycles. The maximum atomic E-state index is 13.1. The number of amides is 1. The first kappa shape index (κ1) is 22.8. The standard InChI is InChI=1S/C28H21BrN2O4/c29-26-14-12-23(35-26)13-15-28(33)34-18-27(32)31-25(20-7-2-1-3-8-20)17-24(30-31)22-11-10-19-6-4-5-9-21(19)16-22/h1-16,25H,17-18H2/b15-13+/t25-/m0/s1. The van der Waals surface area contributed by atoms with E-state index in [1.807, 2.05) is 48.5 Å². The van der Waals surface area contributed by atoms with Crippen LogP contribution in [0.4, 0.5) is 0 Å². The van der Waals surface area contributed by atoms with Crippen molar-refractivity contribution in [2.75, 3.05) is 6.61 Å². The molecule has 7 heteroatoms. The molecule has 1 aromatic heterocycles. The lowest BCUT2D eigenvalue weighted by Crippen LogP contribution is -2.31. The van der Waals surface area contributed by atoms with E-state index in [1.54, 1.807) is 12.1 Å². The highest BCUT2D eigenvalue weighted by Gasteiger charge is 2.33. The number of hydrogen-bond acceptors (Lipinski definition) is 5. The SMILES string of the molecule is O=C(/C=C/c1ccc(Br)o1)OCC(=O)N1N=C(c2ccc3ccccc3c2)C[C@H]1c1ccccc1. The first-order valence-corrected chi connectivity index (χ1v) is 11.9. The van der Waals surface area contributed by atoms with Crippen LogP contribution in [0.5, 0.6) is 0 Å². The smallest absolute Gasteiger partial charge is 0.331 e. The van der Waals surface area contributed by atoms with Crippen molar-refractivity contribution in [1.29, 1.82) is 0 Å². The van der Waals surface area contributed by atoms with Crippen LogP contribution in [0.15, 0.2) is 105 Å². The summed E-state index contributed by atoms with van der Waals surface area (Å²) < 4.78 is 11.1. The van der Waals surface area contributed by atoms with E-state index in [0.29, 0.717) is 16.9 Å². The van der Waals surface area contributed by atoms with Crippen LogP contribution in [0.3, 0.4) is 0 Å². The normalized spacial score (nSPS) is 15.5. The van der Waals surface area contributed by atoms with Crippen molar-refractivity contribution < 1.29 is 18.7 Å². The fourth-order valence-corrected chi connectivity index (χ4v) is 4.35. The van der Waals surface area contributed by atoms with E-state index in [9.17, 15) is 9.59 Å². The highest BCUT2D eigenvalue weighted by molar-refractivity contribution is 9.10. The molecular formula is C28H21BrN2O4. The predicted molar refractivity (Wildman–Crippen MR) is 138 cm³/mol. The van der Waals surface area contributed by atoms with E-state index in [0.717, 1.165) is 27.6 Å². The average Bonchev–Trinajstić information content (AvgIpc) is 3.53. The molecule has 6 nitrogen and oxygen atoms in total. The second-order valence-electron chi connectivity index (χ2n) is 8.06. The van der Waals surface area contributed by atoms with Crippen LogP contribution in [0.2, 0.25) is 0 Å². The van der Waals surface area contributed by atoms with E-state index in [4.69, 9.17) is 9.15 Å². The minimum absolute atomic E-state index is 0.278. The first-order valence-electron chi connectivity index (χ1n) is 11.1. The second kappa shape index (κ2) is 10.1. The van der Waals surface area contributed by atoms with Gasteiger partial charge in [0.25, 0.3) is 5.91 Å². The molecule has 5 rings (SSSR count). The highest BCUT2D eigenvalue weighted by Crippen LogP contribution is 2.33. The Bertz CT molecular complexity index is 1440. The van der Waals surface area contributed by atoms with Crippen LogP contribution in [-0.2, 0) is 14.3 Å². The van der Waals surface area contributed by atoms with Gasteiger partial charge in [-0.05, 0) is 62.1 Å². The lowest BCUT2D eigenvalue weighted by Gasteiger charge is -2.21. The molecule has 1 amide bonds. The molecule has 35 heavy (non-hydrogen) atoms. The average molecular weight is 529 g/mol. The van der Waals surface area contributed by atoms with Gasteiger partial charge in [0, 0.05) is 12.5 Å². The summed E-state index contributed by atoms with van der Waals surface area (Å²) in [7, 11) is 0. The molecule has 0 radical (unpaired) electrons. The molecule has 2 heterocycles. The second-order valence-corrected chi connectivity index (χ2v) is 8.84. The van der Waals surface area contributed by atoms with Crippen molar-refractivity contribution in [3.63, 3.8) is 0 Å². The molecule has 0 spiro atoms. The number of fused-ring (bicyclic) bond motifs is 1. The lowest BCUT2D eigenvalue weighted by molar-refractivity contribution is -0.149. The highest BCUT2D eigenvalue weighted by atomic mass is 79.9. The van der Waals surface area contributed by atoms with Crippen LogP contribution in [-0.4, -0.2) is 29.2 Å². The van der Waals surface area contributed by atoms with Crippen LogP contribution in [0.1, 0.15) is 29.3 Å². The Kier molecular flexibility index (Phi) is 6.59. The number of rotatable bonds is 6. The molecular weight excluding hydrogens is 508 g/mol. The fourth-order valence-electron chi connectivity index (χ4n) is 4.03. The van der Waals surface area contributed by atoms with Crippen molar-refractivity contribution in [3.8, 4) is 0 Å². The Morgan fingerprint density at radius 1 is 1.00 bits per heavy atom. The molecule has 0 saturated carbocycles. The number of nitrogens with zero attached hydrogens (tertiary/aromatic N) is 2. The monoisotopic (exact) mass is 528 g/mol. The van der Waals surface area contributed by atoms with Gasteiger partial charge in [-0.25, -0.2) is 9.80 Å². The minimum atomic E-state index is -0.639. The maximum Gasteiger partial charge on any atom is 0.331 e. The van der Waals surface area contributed by atoms with Gasteiger partial charge in [-0.2, -0.15) is 5.10 Å². The zero-order chi connectivity index (χ0) is 24.2. The first-order chi connectivity index (χ1) is 17.1. The van der Waals surface area contributed by atoms with Crippen molar-refractivity contribution in [2.45, 2.75) is 12.5 Å². The fraction of sp³-hybridized carbons (Fsp3) is 0.107.